The molecule has 0 radical (unpaired) electrons. The lowest BCUT2D eigenvalue weighted by Crippen LogP contribution is -2.44. The van der Waals surface area contributed by atoms with Crippen molar-refractivity contribution in [1.82, 2.24) is 0 Å². The number of carboxylic acid groups (broad SMARTS) is 1. The molecular formula is C16H22O6. The fourth-order valence-corrected chi connectivity index (χ4v) is 2.20. The molecular weight excluding hydrogens is 288 g/mol. The van der Waals surface area contributed by atoms with Crippen molar-refractivity contribution in [3.8, 4) is 11.5 Å². The highest BCUT2D eigenvalue weighted by atomic mass is 16.5. The Morgan fingerprint density at radius 1 is 1.18 bits per heavy atom. The first-order chi connectivity index (χ1) is 10.2. The molecule has 0 bridgehead atoms. The molecule has 122 valence electrons. The third kappa shape index (κ3) is 3.76. The van der Waals surface area contributed by atoms with E-state index in [1.807, 2.05) is 0 Å². The van der Waals surface area contributed by atoms with Crippen LogP contribution in [-0.2, 0) is 19.9 Å². The number of methoxy groups -OCH3 is 2. The predicted octanol–water partition coefficient (Wildman–Crippen LogP) is 2.39. The zero-order valence-corrected chi connectivity index (χ0v) is 13.5. The Hall–Kier alpha value is -2.08. The van der Waals surface area contributed by atoms with Crippen molar-refractivity contribution in [2.24, 2.45) is 0 Å². The topological polar surface area (TPSA) is 82.1 Å². The van der Waals surface area contributed by atoms with Crippen LogP contribution in [0, 0.1) is 0 Å². The number of ether oxygens (including phenoxy) is 3. The third-order valence-corrected chi connectivity index (χ3v) is 3.05. The summed E-state index contributed by atoms with van der Waals surface area (Å²) in [5.74, 6) is -0.400. The lowest BCUT2D eigenvalue weighted by atomic mass is 9.89. The van der Waals surface area contributed by atoms with E-state index in [1.165, 1.54) is 20.3 Å². The standard InChI is InChI=1S/C16H22O6/c1-15(2,3)22-16(8-9-17,14(18)19)11-6-7-12(20-4)13(10-11)21-5/h6-7,9-10H,8H2,1-5H3,(H,18,19). The van der Waals surface area contributed by atoms with E-state index < -0.39 is 17.2 Å². The highest BCUT2D eigenvalue weighted by molar-refractivity contribution is 5.83. The van der Waals surface area contributed by atoms with Crippen molar-refractivity contribution in [1.29, 1.82) is 0 Å². The van der Waals surface area contributed by atoms with E-state index in [0.717, 1.165) is 0 Å². The van der Waals surface area contributed by atoms with Crippen LogP contribution in [0.3, 0.4) is 0 Å². The van der Waals surface area contributed by atoms with Crippen LogP contribution in [-0.4, -0.2) is 37.2 Å². The van der Waals surface area contributed by atoms with Gasteiger partial charge < -0.3 is 24.1 Å². The molecule has 0 amide bonds. The summed E-state index contributed by atoms with van der Waals surface area (Å²) in [7, 11) is 2.94. The Morgan fingerprint density at radius 2 is 1.77 bits per heavy atom. The lowest BCUT2D eigenvalue weighted by molar-refractivity contribution is -0.189. The van der Waals surface area contributed by atoms with Crippen molar-refractivity contribution in [3.05, 3.63) is 23.8 Å². The van der Waals surface area contributed by atoms with Crippen LogP contribution in [0.25, 0.3) is 0 Å². The second kappa shape index (κ2) is 6.79. The maximum atomic E-state index is 11.9. The number of benzene rings is 1. The Labute approximate surface area is 130 Å². The molecule has 1 aromatic carbocycles. The minimum absolute atomic E-state index is 0.310. The van der Waals surface area contributed by atoms with Crippen LogP contribution in [0.5, 0.6) is 11.5 Å². The summed E-state index contributed by atoms with van der Waals surface area (Å²) in [4.78, 5) is 23.0. The first kappa shape index (κ1) is 18.0. The third-order valence-electron chi connectivity index (χ3n) is 3.05. The fourth-order valence-electron chi connectivity index (χ4n) is 2.20. The number of aldehydes is 1. The largest absolute Gasteiger partial charge is 0.493 e. The molecule has 22 heavy (non-hydrogen) atoms. The zero-order valence-electron chi connectivity index (χ0n) is 13.5. The van der Waals surface area contributed by atoms with Gasteiger partial charge in [-0.15, -0.1) is 0 Å². The molecule has 6 heteroatoms. The van der Waals surface area contributed by atoms with Crippen LogP contribution in [0.2, 0.25) is 0 Å². The summed E-state index contributed by atoms with van der Waals surface area (Å²) in [5, 5.41) is 9.71. The van der Waals surface area contributed by atoms with E-state index in [9.17, 15) is 14.7 Å². The highest BCUT2D eigenvalue weighted by Crippen LogP contribution is 2.38. The molecule has 0 fully saturated rings. The van der Waals surface area contributed by atoms with Gasteiger partial charge in [0.1, 0.15) is 6.29 Å². The van der Waals surface area contributed by atoms with Gasteiger partial charge >= 0.3 is 5.97 Å². The van der Waals surface area contributed by atoms with Crippen LogP contribution >= 0.6 is 0 Å². The van der Waals surface area contributed by atoms with Crippen molar-refractivity contribution in [2.75, 3.05) is 14.2 Å². The van der Waals surface area contributed by atoms with Gasteiger partial charge in [0.05, 0.1) is 19.8 Å². The number of carboxylic acids is 1. The Balaban J connectivity index is 3.49. The van der Waals surface area contributed by atoms with Crippen molar-refractivity contribution >= 4 is 12.3 Å². The van der Waals surface area contributed by atoms with Crippen molar-refractivity contribution < 1.29 is 28.9 Å². The van der Waals surface area contributed by atoms with E-state index in [-0.39, 0.29) is 6.42 Å². The number of hydrogen-bond donors (Lipinski definition) is 1. The number of carbonyl (C=O) groups excluding carboxylic acids is 1. The zero-order chi connectivity index (χ0) is 17.0. The van der Waals surface area contributed by atoms with E-state index >= 15 is 0 Å². The van der Waals surface area contributed by atoms with Crippen LogP contribution in [0.15, 0.2) is 18.2 Å². The first-order valence-electron chi connectivity index (χ1n) is 6.80. The molecule has 0 saturated heterocycles. The molecule has 1 unspecified atom stereocenters. The summed E-state index contributed by atoms with van der Waals surface area (Å²) in [6.07, 6.45) is 0.228. The van der Waals surface area contributed by atoms with Gasteiger partial charge in [-0.05, 0) is 38.5 Å². The maximum Gasteiger partial charge on any atom is 0.341 e. The Kier molecular flexibility index (Phi) is 5.54. The van der Waals surface area contributed by atoms with Gasteiger partial charge in [0.15, 0.2) is 17.1 Å². The average Bonchev–Trinajstić information content (AvgIpc) is 2.44. The molecule has 6 nitrogen and oxygen atoms in total. The average molecular weight is 310 g/mol. The van der Waals surface area contributed by atoms with Crippen LogP contribution < -0.4 is 9.47 Å². The molecule has 1 rings (SSSR count). The molecule has 0 spiro atoms. The molecule has 0 aliphatic heterocycles. The molecule has 1 atom stereocenters. The summed E-state index contributed by atoms with van der Waals surface area (Å²) in [6.45, 7) is 5.20. The maximum absolute atomic E-state index is 11.9. The van der Waals surface area contributed by atoms with Gasteiger partial charge in [-0.2, -0.15) is 0 Å². The minimum Gasteiger partial charge on any atom is -0.493 e. The van der Waals surface area contributed by atoms with E-state index in [2.05, 4.69) is 0 Å². The number of rotatable bonds is 7. The predicted molar refractivity (Wildman–Crippen MR) is 80.4 cm³/mol. The Morgan fingerprint density at radius 3 is 2.18 bits per heavy atom. The number of carbonyl (C=O) groups is 2. The molecule has 0 aromatic heterocycles. The monoisotopic (exact) mass is 310 g/mol. The fraction of sp³-hybridized carbons (Fsp3) is 0.500. The SMILES string of the molecule is COc1ccc(C(CC=O)(OC(C)(C)C)C(=O)O)cc1OC. The van der Waals surface area contributed by atoms with E-state index in [4.69, 9.17) is 14.2 Å². The summed E-state index contributed by atoms with van der Waals surface area (Å²) >= 11 is 0. The van der Waals surface area contributed by atoms with Crippen molar-refractivity contribution in [3.63, 3.8) is 0 Å². The minimum atomic E-state index is -1.78. The van der Waals surface area contributed by atoms with Gasteiger partial charge in [-0.25, -0.2) is 4.79 Å². The van der Waals surface area contributed by atoms with Gasteiger partial charge in [0, 0.05) is 6.42 Å². The molecule has 0 heterocycles. The second-order valence-corrected chi connectivity index (χ2v) is 5.79. The Bertz CT molecular complexity index is 546. The lowest BCUT2D eigenvalue weighted by Gasteiger charge is -2.35. The first-order valence-corrected chi connectivity index (χ1v) is 6.80. The summed E-state index contributed by atoms with van der Waals surface area (Å²) < 4.78 is 16.1. The molecule has 0 saturated carbocycles. The smallest absolute Gasteiger partial charge is 0.341 e. The van der Waals surface area contributed by atoms with Crippen molar-refractivity contribution in [2.45, 2.75) is 38.4 Å². The van der Waals surface area contributed by atoms with E-state index in [0.29, 0.717) is 23.3 Å². The highest BCUT2D eigenvalue weighted by Gasteiger charge is 2.45. The number of aliphatic carboxylic acids is 1. The quantitative estimate of drug-likeness (QED) is 0.779. The summed E-state index contributed by atoms with van der Waals surface area (Å²) in [6, 6.07) is 4.66. The molecule has 1 N–H and O–H groups in total. The molecule has 0 aliphatic carbocycles. The second-order valence-electron chi connectivity index (χ2n) is 5.79. The summed E-state index contributed by atoms with van der Waals surface area (Å²) in [5.41, 5.74) is -2.21. The van der Waals surface area contributed by atoms with Gasteiger partial charge in [0.2, 0.25) is 0 Å². The van der Waals surface area contributed by atoms with Crippen LogP contribution in [0.1, 0.15) is 32.8 Å². The van der Waals surface area contributed by atoms with Gasteiger partial charge in [-0.1, -0.05) is 6.07 Å². The molecule has 1 aromatic rings. The number of hydrogen-bond acceptors (Lipinski definition) is 5. The van der Waals surface area contributed by atoms with Crippen LogP contribution in [0.4, 0.5) is 0 Å². The normalized spacial score (nSPS) is 14.0. The molecule has 0 aliphatic rings. The van der Waals surface area contributed by atoms with E-state index in [1.54, 1.807) is 32.9 Å². The van der Waals surface area contributed by atoms with Gasteiger partial charge in [0.25, 0.3) is 0 Å². The van der Waals surface area contributed by atoms with Gasteiger partial charge in [-0.3, -0.25) is 0 Å².